The molecule has 1 atom stereocenters. The van der Waals surface area contributed by atoms with Crippen molar-refractivity contribution in [3.05, 3.63) is 54.4 Å². The Balaban J connectivity index is 1.54. The second-order valence-electron chi connectivity index (χ2n) is 7.76. The van der Waals surface area contributed by atoms with E-state index in [2.05, 4.69) is 40.7 Å². The van der Waals surface area contributed by atoms with Crippen LogP contribution in [0.25, 0.3) is 11.0 Å². The largest absolute Gasteiger partial charge is 0.497 e. The highest BCUT2D eigenvalue weighted by Gasteiger charge is 2.23. The Labute approximate surface area is 173 Å². The van der Waals surface area contributed by atoms with Crippen LogP contribution >= 0.6 is 0 Å². The van der Waals surface area contributed by atoms with E-state index in [0.717, 1.165) is 42.5 Å². The van der Waals surface area contributed by atoms with E-state index in [1.165, 1.54) is 31.2 Å². The summed E-state index contributed by atoms with van der Waals surface area (Å²) in [6.07, 6.45) is 5.25. The van der Waals surface area contributed by atoms with Gasteiger partial charge in [0.05, 0.1) is 30.7 Å². The molecule has 0 saturated carbocycles. The minimum Gasteiger partial charge on any atom is -0.497 e. The molecule has 0 amide bonds. The minimum absolute atomic E-state index is 0.303. The zero-order valence-corrected chi connectivity index (χ0v) is 17.5. The Bertz CT molecular complexity index is 929. The summed E-state index contributed by atoms with van der Waals surface area (Å²) in [6, 6.07) is 16.5. The van der Waals surface area contributed by atoms with Crippen molar-refractivity contribution in [2.75, 3.05) is 26.8 Å². The lowest BCUT2D eigenvalue weighted by atomic mass is 10.2. The van der Waals surface area contributed by atoms with Gasteiger partial charge in [0.15, 0.2) is 0 Å². The number of methoxy groups -OCH3 is 1. The number of hydrogen-bond acceptors (Lipinski definition) is 4. The Morgan fingerprint density at radius 1 is 0.966 bits per heavy atom. The van der Waals surface area contributed by atoms with Gasteiger partial charge in [-0.25, -0.2) is 4.98 Å². The summed E-state index contributed by atoms with van der Waals surface area (Å²) in [6.45, 7) is 5.97. The number of aromatic nitrogens is 2. The Morgan fingerprint density at radius 3 is 2.52 bits per heavy atom. The molecule has 1 saturated heterocycles. The second kappa shape index (κ2) is 9.31. The Hall–Kier alpha value is -2.53. The number of benzene rings is 2. The van der Waals surface area contributed by atoms with E-state index in [1.54, 1.807) is 7.11 Å². The molecule has 1 fully saturated rings. The third kappa shape index (κ3) is 4.56. The van der Waals surface area contributed by atoms with Gasteiger partial charge in [-0.15, -0.1) is 0 Å². The molecule has 5 heteroatoms. The van der Waals surface area contributed by atoms with Crippen LogP contribution in [-0.2, 0) is 6.54 Å². The van der Waals surface area contributed by atoms with E-state index in [0.29, 0.717) is 12.6 Å². The molecular formula is C24H31N3O2. The van der Waals surface area contributed by atoms with Crippen molar-refractivity contribution in [3.8, 4) is 11.5 Å². The van der Waals surface area contributed by atoms with Crippen LogP contribution in [0.15, 0.2) is 48.5 Å². The van der Waals surface area contributed by atoms with Crippen LogP contribution in [0.1, 0.15) is 44.5 Å². The van der Waals surface area contributed by atoms with Crippen LogP contribution in [0.2, 0.25) is 0 Å². The number of likely N-dealkylation sites (tertiary alicyclic amines) is 1. The Morgan fingerprint density at radius 2 is 1.72 bits per heavy atom. The molecule has 1 aliphatic heterocycles. The second-order valence-corrected chi connectivity index (χ2v) is 7.76. The number of nitrogens with zero attached hydrogens (tertiary/aromatic N) is 3. The average Bonchev–Trinajstić information content (AvgIpc) is 2.92. The lowest BCUT2D eigenvalue weighted by Gasteiger charge is -2.27. The molecule has 0 spiro atoms. The highest BCUT2D eigenvalue weighted by molar-refractivity contribution is 5.76. The Kier molecular flexibility index (Phi) is 6.35. The summed E-state index contributed by atoms with van der Waals surface area (Å²) in [5, 5.41) is 0. The fraction of sp³-hybridized carbons (Fsp3) is 0.458. The van der Waals surface area contributed by atoms with Crippen molar-refractivity contribution in [2.24, 2.45) is 0 Å². The highest BCUT2D eigenvalue weighted by Crippen LogP contribution is 2.27. The van der Waals surface area contributed by atoms with Gasteiger partial charge in [-0.05, 0) is 57.1 Å². The number of fused-ring (bicyclic) bond motifs is 1. The first-order valence-corrected chi connectivity index (χ1v) is 10.7. The maximum absolute atomic E-state index is 6.03. The van der Waals surface area contributed by atoms with Gasteiger partial charge in [-0.3, -0.25) is 4.90 Å². The fourth-order valence-corrected chi connectivity index (χ4v) is 4.24. The topological polar surface area (TPSA) is 39.5 Å². The van der Waals surface area contributed by atoms with Gasteiger partial charge < -0.3 is 14.0 Å². The maximum Gasteiger partial charge on any atom is 0.127 e. The normalized spacial score (nSPS) is 16.5. The first-order valence-electron chi connectivity index (χ1n) is 10.7. The van der Waals surface area contributed by atoms with Crippen molar-refractivity contribution < 1.29 is 9.47 Å². The first kappa shape index (κ1) is 19.8. The highest BCUT2D eigenvalue weighted by atomic mass is 16.5. The van der Waals surface area contributed by atoms with E-state index >= 15 is 0 Å². The zero-order valence-electron chi connectivity index (χ0n) is 17.5. The summed E-state index contributed by atoms with van der Waals surface area (Å²) in [5.74, 6) is 2.78. The number of hydrogen-bond donors (Lipinski definition) is 0. The predicted molar refractivity (Wildman–Crippen MR) is 117 cm³/mol. The lowest BCUT2D eigenvalue weighted by Crippen LogP contribution is -2.30. The van der Waals surface area contributed by atoms with Crippen molar-refractivity contribution in [2.45, 2.75) is 45.2 Å². The fourth-order valence-electron chi connectivity index (χ4n) is 4.24. The molecule has 1 aliphatic rings. The number of rotatable bonds is 7. The van der Waals surface area contributed by atoms with Gasteiger partial charge in [-0.1, -0.05) is 31.0 Å². The molecule has 154 valence electrons. The molecule has 0 bridgehead atoms. The van der Waals surface area contributed by atoms with E-state index in [-0.39, 0.29) is 0 Å². The average molecular weight is 394 g/mol. The smallest absolute Gasteiger partial charge is 0.127 e. The molecule has 1 unspecified atom stereocenters. The van der Waals surface area contributed by atoms with Gasteiger partial charge in [-0.2, -0.15) is 0 Å². The molecule has 4 rings (SSSR count). The number of para-hydroxylation sites is 2. The molecule has 0 aliphatic carbocycles. The predicted octanol–water partition coefficient (Wildman–Crippen LogP) is 5.06. The van der Waals surface area contributed by atoms with E-state index in [4.69, 9.17) is 14.5 Å². The molecule has 2 aromatic carbocycles. The molecule has 5 nitrogen and oxygen atoms in total. The quantitative estimate of drug-likeness (QED) is 0.562. The van der Waals surface area contributed by atoms with E-state index in [1.807, 2.05) is 24.3 Å². The molecule has 2 heterocycles. The van der Waals surface area contributed by atoms with Crippen molar-refractivity contribution in [3.63, 3.8) is 0 Å². The van der Waals surface area contributed by atoms with Gasteiger partial charge >= 0.3 is 0 Å². The van der Waals surface area contributed by atoms with Gasteiger partial charge in [0.2, 0.25) is 0 Å². The summed E-state index contributed by atoms with van der Waals surface area (Å²) < 4.78 is 13.7. The maximum atomic E-state index is 6.03. The van der Waals surface area contributed by atoms with Crippen molar-refractivity contribution >= 4 is 11.0 Å². The standard InChI is InChI=1S/C24H31N3O2/c1-19(26-14-7-3-4-8-15-26)24-25-22-12-5-6-13-23(22)27(24)16-17-29-21-11-9-10-20(18-21)28-2/h5-6,9-13,18-19H,3-4,7-8,14-17H2,1-2H3. The molecule has 29 heavy (non-hydrogen) atoms. The van der Waals surface area contributed by atoms with Crippen molar-refractivity contribution in [1.82, 2.24) is 14.5 Å². The molecule has 0 N–H and O–H groups in total. The van der Waals surface area contributed by atoms with Gasteiger partial charge in [0.1, 0.15) is 23.9 Å². The van der Waals surface area contributed by atoms with E-state index < -0.39 is 0 Å². The van der Waals surface area contributed by atoms with Crippen LogP contribution < -0.4 is 9.47 Å². The minimum atomic E-state index is 0.303. The van der Waals surface area contributed by atoms with Crippen LogP contribution in [0.3, 0.4) is 0 Å². The van der Waals surface area contributed by atoms with Gasteiger partial charge in [0, 0.05) is 6.07 Å². The number of ether oxygens (including phenoxy) is 2. The first-order chi connectivity index (χ1) is 14.3. The summed E-state index contributed by atoms with van der Waals surface area (Å²) in [4.78, 5) is 7.61. The molecule has 1 aromatic heterocycles. The molecular weight excluding hydrogens is 362 g/mol. The van der Waals surface area contributed by atoms with Crippen LogP contribution in [0, 0.1) is 0 Å². The van der Waals surface area contributed by atoms with Crippen LogP contribution in [-0.4, -0.2) is 41.3 Å². The third-order valence-electron chi connectivity index (χ3n) is 5.87. The summed E-state index contributed by atoms with van der Waals surface area (Å²) >= 11 is 0. The molecule has 0 radical (unpaired) electrons. The summed E-state index contributed by atoms with van der Waals surface area (Å²) in [5.41, 5.74) is 2.24. The van der Waals surface area contributed by atoms with Crippen LogP contribution in [0.4, 0.5) is 0 Å². The monoisotopic (exact) mass is 393 g/mol. The number of imidazole rings is 1. The van der Waals surface area contributed by atoms with E-state index in [9.17, 15) is 0 Å². The van der Waals surface area contributed by atoms with Crippen molar-refractivity contribution in [1.29, 1.82) is 0 Å². The summed E-state index contributed by atoms with van der Waals surface area (Å²) in [7, 11) is 1.67. The zero-order chi connectivity index (χ0) is 20.1. The lowest BCUT2D eigenvalue weighted by molar-refractivity contribution is 0.204. The van der Waals surface area contributed by atoms with Gasteiger partial charge in [0.25, 0.3) is 0 Å². The van der Waals surface area contributed by atoms with Crippen LogP contribution in [0.5, 0.6) is 11.5 Å². The molecule has 3 aromatic rings. The third-order valence-corrected chi connectivity index (χ3v) is 5.87. The SMILES string of the molecule is COc1cccc(OCCn2c(C(C)N3CCCCCC3)nc3ccccc32)c1.